The van der Waals surface area contributed by atoms with E-state index in [9.17, 15) is 19.5 Å². The molecule has 4 rings (SSSR count). The summed E-state index contributed by atoms with van der Waals surface area (Å²) in [6.45, 7) is 0.0888. The molecule has 0 radical (unpaired) electrons. The topological polar surface area (TPSA) is 98.7 Å². The lowest BCUT2D eigenvalue weighted by atomic mass is 10.1. The summed E-state index contributed by atoms with van der Waals surface area (Å²) in [6, 6.07) is 19.6. The van der Waals surface area contributed by atoms with Gasteiger partial charge in [-0.15, -0.1) is 0 Å². The number of nitrogens with zero attached hydrogens (tertiary/aromatic N) is 1. The summed E-state index contributed by atoms with van der Waals surface area (Å²) in [5.41, 5.74) is 1.50. The lowest BCUT2D eigenvalue weighted by Gasteiger charge is -2.15. The largest absolute Gasteiger partial charge is 0.506 e. The van der Waals surface area contributed by atoms with Gasteiger partial charge in [0.1, 0.15) is 16.5 Å². The average Bonchev–Trinajstić information content (AvgIpc) is 3.01. The van der Waals surface area contributed by atoms with Crippen LogP contribution >= 0.6 is 23.2 Å². The Morgan fingerprint density at radius 1 is 0.909 bits per heavy atom. The highest BCUT2D eigenvalue weighted by Crippen LogP contribution is 2.29. The molecule has 0 spiro atoms. The number of carbonyl (C=O) groups is 3. The summed E-state index contributed by atoms with van der Waals surface area (Å²) in [4.78, 5) is 39.1. The molecular formula is C24H17Cl2N3O4. The zero-order chi connectivity index (χ0) is 23.5. The SMILES string of the molecule is O=C(Nc1cc(Cl)ccc1O)c1cccc(NC2=C(Cl)C(=O)N(Cc3ccccc3)C2=O)c1. The van der Waals surface area contributed by atoms with E-state index in [0.29, 0.717) is 10.7 Å². The monoisotopic (exact) mass is 481 g/mol. The highest BCUT2D eigenvalue weighted by Gasteiger charge is 2.37. The second-order valence-corrected chi connectivity index (χ2v) is 8.01. The Kier molecular flexibility index (Phi) is 6.35. The van der Waals surface area contributed by atoms with E-state index in [1.807, 2.05) is 18.2 Å². The van der Waals surface area contributed by atoms with Gasteiger partial charge in [-0.05, 0) is 42.0 Å². The van der Waals surface area contributed by atoms with Crippen LogP contribution in [0.2, 0.25) is 5.02 Å². The molecule has 0 atom stereocenters. The van der Waals surface area contributed by atoms with Crippen molar-refractivity contribution in [2.45, 2.75) is 6.54 Å². The zero-order valence-corrected chi connectivity index (χ0v) is 18.5. The lowest BCUT2D eigenvalue weighted by Crippen LogP contribution is -2.31. The van der Waals surface area contributed by atoms with Crippen LogP contribution in [0.25, 0.3) is 0 Å². The van der Waals surface area contributed by atoms with Crippen molar-refractivity contribution in [1.29, 1.82) is 0 Å². The fourth-order valence-corrected chi connectivity index (χ4v) is 3.65. The molecule has 0 unspecified atom stereocenters. The number of nitrogens with one attached hydrogen (secondary N) is 2. The molecule has 3 aromatic rings. The Bertz CT molecular complexity index is 1290. The van der Waals surface area contributed by atoms with Crippen molar-refractivity contribution < 1.29 is 19.5 Å². The van der Waals surface area contributed by atoms with Crippen LogP contribution in [0.15, 0.2) is 83.5 Å². The summed E-state index contributed by atoms with van der Waals surface area (Å²) in [5, 5.41) is 15.5. The molecular weight excluding hydrogens is 465 g/mol. The Labute approximate surface area is 199 Å². The molecule has 3 aromatic carbocycles. The third-order valence-corrected chi connectivity index (χ3v) is 5.48. The number of phenols is 1. The minimum absolute atomic E-state index is 0.0670. The van der Waals surface area contributed by atoms with E-state index in [1.165, 1.54) is 24.3 Å². The maximum absolute atomic E-state index is 12.8. The molecule has 0 fully saturated rings. The van der Waals surface area contributed by atoms with Crippen LogP contribution in [0, 0.1) is 0 Å². The lowest BCUT2D eigenvalue weighted by molar-refractivity contribution is -0.138. The number of rotatable bonds is 6. The van der Waals surface area contributed by atoms with Gasteiger partial charge in [-0.1, -0.05) is 59.6 Å². The summed E-state index contributed by atoms with van der Waals surface area (Å²) in [6.07, 6.45) is 0. The molecule has 33 heavy (non-hydrogen) atoms. The molecule has 1 aliphatic heterocycles. The number of imide groups is 1. The second-order valence-electron chi connectivity index (χ2n) is 7.19. The Hall–Kier alpha value is -3.81. The first-order valence-electron chi connectivity index (χ1n) is 9.80. The van der Waals surface area contributed by atoms with Crippen LogP contribution in [-0.2, 0) is 16.1 Å². The number of hydrogen-bond donors (Lipinski definition) is 3. The molecule has 0 bridgehead atoms. The van der Waals surface area contributed by atoms with Gasteiger partial charge in [-0.25, -0.2) is 0 Å². The number of hydrogen-bond acceptors (Lipinski definition) is 5. The predicted octanol–water partition coefficient (Wildman–Crippen LogP) is 4.73. The fourth-order valence-electron chi connectivity index (χ4n) is 3.25. The highest BCUT2D eigenvalue weighted by molar-refractivity contribution is 6.48. The predicted molar refractivity (Wildman–Crippen MR) is 126 cm³/mol. The Morgan fingerprint density at radius 2 is 1.67 bits per heavy atom. The molecule has 7 nitrogen and oxygen atoms in total. The van der Waals surface area contributed by atoms with E-state index < -0.39 is 17.7 Å². The third kappa shape index (κ3) is 4.84. The third-order valence-electron chi connectivity index (χ3n) is 4.90. The van der Waals surface area contributed by atoms with Crippen LogP contribution in [-0.4, -0.2) is 27.7 Å². The van der Waals surface area contributed by atoms with Gasteiger partial charge in [-0.3, -0.25) is 19.3 Å². The smallest absolute Gasteiger partial charge is 0.279 e. The van der Waals surface area contributed by atoms with Crippen LogP contribution in [0.1, 0.15) is 15.9 Å². The fraction of sp³-hybridized carbons (Fsp3) is 0.0417. The van der Waals surface area contributed by atoms with E-state index in [-0.39, 0.29) is 34.3 Å². The first kappa shape index (κ1) is 22.4. The number of phenolic OH excluding ortho intramolecular Hbond substituents is 1. The summed E-state index contributed by atoms with van der Waals surface area (Å²) < 4.78 is 0. The first-order chi connectivity index (χ1) is 15.8. The maximum atomic E-state index is 12.8. The van der Waals surface area contributed by atoms with Crippen molar-refractivity contribution in [3.8, 4) is 5.75 Å². The molecule has 1 aliphatic rings. The van der Waals surface area contributed by atoms with Crippen LogP contribution < -0.4 is 10.6 Å². The Balaban J connectivity index is 1.51. The van der Waals surface area contributed by atoms with Gasteiger partial charge < -0.3 is 15.7 Å². The molecule has 166 valence electrons. The van der Waals surface area contributed by atoms with Crippen molar-refractivity contribution in [2.24, 2.45) is 0 Å². The van der Waals surface area contributed by atoms with Gasteiger partial charge in [0.15, 0.2) is 0 Å². The number of halogens is 2. The molecule has 0 aromatic heterocycles. The number of carbonyl (C=O) groups excluding carboxylic acids is 3. The van der Waals surface area contributed by atoms with E-state index in [0.717, 1.165) is 10.5 Å². The van der Waals surface area contributed by atoms with Crippen molar-refractivity contribution in [3.63, 3.8) is 0 Å². The maximum Gasteiger partial charge on any atom is 0.279 e. The van der Waals surface area contributed by atoms with Gasteiger partial charge >= 0.3 is 0 Å². The van der Waals surface area contributed by atoms with Crippen molar-refractivity contribution in [2.75, 3.05) is 10.6 Å². The summed E-state index contributed by atoms with van der Waals surface area (Å²) in [5.74, 6) is -1.80. The van der Waals surface area contributed by atoms with Gasteiger partial charge in [0.05, 0.1) is 12.2 Å². The zero-order valence-electron chi connectivity index (χ0n) is 17.0. The van der Waals surface area contributed by atoms with Crippen LogP contribution in [0.5, 0.6) is 5.75 Å². The van der Waals surface area contributed by atoms with Crippen molar-refractivity contribution in [1.82, 2.24) is 4.90 Å². The molecule has 0 aliphatic carbocycles. The number of benzene rings is 3. The molecule has 0 saturated carbocycles. The van der Waals surface area contributed by atoms with E-state index >= 15 is 0 Å². The highest BCUT2D eigenvalue weighted by atomic mass is 35.5. The summed E-state index contributed by atoms with van der Waals surface area (Å²) >= 11 is 12.1. The minimum atomic E-state index is -0.599. The van der Waals surface area contributed by atoms with E-state index in [4.69, 9.17) is 23.2 Å². The quantitative estimate of drug-likeness (QED) is 0.349. The molecule has 1 heterocycles. The second kappa shape index (κ2) is 9.36. The van der Waals surface area contributed by atoms with Gasteiger partial charge in [0.25, 0.3) is 17.7 Å². The number of amides is 3. The van der Waals surface area contributed by atoms with Crippen LogP contribution in [0.3, 0.4) is 0 Å². The summed E-state index contributed by atoms with van der Waals surface area (Å²) in [7, 11) is 0. The van der Waals surface area contributed by atoms with E-state index in [1.54, 1.807) is 30.3 Å². The van der Waals surface area contributed by atoms with Gasteiger partial charge in [-0.2, -0.15) is 0 Å². The molecule has 3 amide bonds. The minimum Gasteiger partial charge on any atom is -0.506 e. The van der Waals surface area contributed by atoms with E-state index in [2.05, 4.69) is 10.6 Å². The molecule has 3 N–H and O–H groups in total. The van der Waals surface area contributed by atoms with Gasteiger partial charge in [0, 0.05) is 16.3 Å². The van der Waals surface area contributed by atoms with Crippen molar-refractivity contribution in [3.05, 3.63) is 99.7 Å². The normalized spacial score (nSPS) is 13.5. The number of aromatic hydroxyl groups is 1. The van der Waals surface area contributed by atoms with Crippen LogP contribution in [0.4, 0.5) is 11.4 Å². The standard InChI is InChI=1S/C24H17Cl2N3O4/c25-16-9-10-19(30)18(12-16)28-22(31)15-7-4-8-17(11-15)27-21-20(26)23(32)29(24(21)33)13-14-5-2-1-3-6-14/h1-12,27,30H,13H2,(H,28,31). The van der Waals surface area contributed by atoms with Gasteiger partial charge in [0.2, 0.25) is 0 Å². The first-order valence-corrected chi connectivity index (χ1v) is 10.6. The Morgan fingerprint density at radius 3 is 2.42 bits per heavy atom. The molecule has 0 saturated heterocycles. The number of anilines is 2. The molecule has 9 heteroatoms. The average molecular weight is 482 g/mol. The van der Waals surface area contributed by atoms with Crippen molar-refractivity contribution >= 4 is 52.3 Å².